The van der Waals surface area contributed by atoms with E-state index in [2.05, 4.69) is 25.7 Å². The highest BCUT2D eigenvalue weighted by molar-refractivity contribution is 5.75. The molecular weight excluding hydrogens is 741 g/mol. The van der Waals surface area contributed by atoms with Crippen molar-refractivity contribution >= 4 is 23.7 Å². The summed E-state index contributed by atoms with van der Waals surface area (Å²) in [7, 11) is 3.92. The number of rotatable bonds is 40. The van der Waals surface area contributed by atoms with Crippen LogP contribution in [0.25, 0.3) is 0 Å². The summed E-state index contributed by atoms with van der Waals surface area (Å²) in [4.78, 5) is 50.7. The number of hydrogen-bond acceptors (Lipinski definition) is 9. The van der Waals surface area contributed by atoms with Gasteiger partial charge in [0.05, 0.1) is 19.6 Å². The minimum atomic E-state index is -0.0912. The molecule has 0 aromatic carbocycles. The van der Waals surface area contributed by atoms with Crippen molar-refractivity contribution in [3.8, 4) is 0 Å². The molecule has 1 rings (SSSR count). The van der Waals surface area contributed by atoms with E-state index in [9.17, 15) is 19.2 Å². The second-order valence-electron chi connectivity index (χ2n) is 17.8. The van der Waals surface area contributed by atoms with Gasteiger partial charge in [-0.3, -0.25) is 19.3 Å². The molecule has 0 amide bonds. The highest BCUT2D eigenvalue weighted by Crippen LogP contribution is 2.23. The molecule has 1 atom stereocenters. The maximum absolute atomic E-state index is 11.9. The minimum absolute atomic E-state index is 0.0350. The Hall–Kier alpha value is -2.00. The van der Waals surface area contributed by atoms with Crippen LogP contribution in [0, 0.1) is 5.92 Å². The zero-order chi connectivity index (χ0) is 43.6. The molecule has 9 nitrogen and oxygen atoms in total. The largest absolute Gasteiger partial charge is 0.466 e. The Kier molecular flexibility index (Phi) is 41.2. The molecule has 1 heterocycles. The second-order valence-corrected chi connectivity index (χ2v) is 17.8. The summed E-state index contributed by atoms with van der Waals surface area (Å²) in [6.07, 6.45) is 35.7. The lowest BCUT2D eigenvalue weighted by molar-refractivity contribution is -0.149. The van der Waals surface area contributed by atoms with Crippen LogP contribution in [0.15, 0.2) is 0 Å². The lowest BCUT2D eigenvalue weighted by atomic mass is 9.91. The molecular formula is C50H96N2O7. The number of nitrogens with zero attached hydrogens (tertiary/aromatic N) is 2. The van der Waals surface area contributed by atoms with E-state index in [0.29, 0.717) is 38.9 Å². The minimum Gasteiger partial charge on any atom is -0.466 e. The lowest BCUT2D eigenvalue weighted by Crippen LogP contribution is -2.27. The first-order chi connectivity index (χ1) is 28.6. The number of carbonyl (C=O) groups excluding carboxylic acids is 4. The van der Waals surface area contributed by atoms with E-state index in [-0.39, 0.29) is 29.8 Å². The summed E-state index contributed by atoms with van der Waals surface area (Å²) in [5.41, 5.74) is 0. The van der Waals surface area contributed by atoms with Crippen LogP contribution in [0.3, 0.4) is 0 Å². The standard InChI is InChI=1S/C26H50N2O4.C24H46O3/c1-4-5-6-7-8-9-10-11-15-22-31-25(29)16-13-12-14-19-28-21-17-24(23-28)32-26(30)18-20-27(2)3;1-4-6-11-17-23(18-12-7-5-2)19-15-21-27-24(26)20-14-10-8-9-13-16-22(3)25/h24H,4-23H2,1-3H3;23H,4-21H2,1-3H3. The average molecular weight is 837 g/mol. The monoisotopic (exact) mass is 837 g/mol. The first-order valence-electron chi connectivity index (χ1n) is 25.0. The van der Waals surface area contributed by atoms with Crippen molar-refractivity contribution < 1.29 is 33.4 Å². The molecule has 1 unspecified atom stereocenters. The molecule has 1 aliphatic rings. The third-order valence-electron chi connectivity index (χ3n) is 11.5. The van der Waals surface area contributed by atoms with E-state index in [0.717, 1.165) is 103 Å². The molecule has 59 heavy (non-hydrogen) atoms. The molecule has 0 spiro atoms. The Morgan fingerprint density at radius 1 is 0.542 bits per heavy atom. The van der Waals surface area contributed by atoms with Crippen LogP contribution in [0.1, 0.15) is 233 Å². The lowest BCUT2D eigenvalue weighted by Gasteiger charge is -2.16. The van der Waals surface area contributed by atoms with Crippen LogP contribution in [0.2, 0.25) is 0 Å². The van der Waals surface area contributed by atoms with Gasteiger partial charge in [-0.2, -0.15) is 0 Å². The van der Waals surface area contributed by atoms with Crippen molar-refractivity contribution in [2.24, 2.45) is 5.92 Å². The fourth-order valence-electron chi connectivity index (χ4n) is 7.71. The fraction of sp³-hybridized carbons (Fsp3) is 0.920. The van der Waals surface area contributed by atoms with Gasteiger partial charge in [-0.05, 0) is 84.8 Å². The first-order valence-corrected chi connectivity index (χ1v) is 25.0. The number of esters is 3. The van der Waals surface area contributed by atoms with Crippen molar-refractivity contribution in [2.75, 3.05) is 53.5 Å². The van der Waals surface area contributed by atoms with Crippen LogP contribution >= 0.6 is 0 Å². The number of ether oxygens (including phenoxy) is 3. The van der Waals surface area contributed by atoms with Gasteiger partial charge in [-0.25, -0.2) is 0 Å². The number of ketones is 1. The summed E-state index contributed by atoms with van der Waals surface area (Å²) in [5, 5.41) is 0. The van der Waals surface area contributed by atoms with Crippen LogP contribution in [0.4, 0.5) is 0 Å². The Bertz CT molecular complexity index is 980. The fourth-order valence-corrected chi connectivity index (χ4v) is 7.71. The number of unbranched alkanes of at least 4 members (excludes halogenated alkanes) is 18. The van der Waals surface area contributed by atoms with Crippen LogP contribution in [-0.4, -0.2) is 93.1 Å². The smallest absolute Gasteiger partial charge is 0.307 e. The van der Waals surface area contributed by atoms with Crippen molar-refractivity contribution in [1.29, 1.82) is 0 Å². The van der Waals surface area contributed by atoms with E-state index >= 15 is 0 Å². The Morgan fingerprint density at radius 3 is 1.54 bits per heavy atom. The van der Waals surface area contributed by atoms with Gasteiger partial charge in [0.15, 0.2) is 0 Å². The molecule has 1 aliphatic heterocycles. The number of likely N-dealkylation sites (tertiary alicyclic amines) is 1. The van der Waals surface area contributed by atoms with Gasteiger partial charge in [0.2, 0.25) is 0 Å². The molecule has 0 aliphatic carbocycles. The second kappa shape index (κ2) is 42.7. The molecule has 348 valence electrons. The van der Waals surface area contributed by atoms with Crippen LogP contribution in [-0.2, 0) is 33.4 Å². The Balaban J connectivity index is 0.00000116. The quantitative estimate of drug-likeness (QED) is 0.0339. The average Bonchev–Trinajstić information content (AvgIpc) is 3.65. The highest BCUT2D eigenvalue weighted by atomic mass is 16.5. The Morgan fingerprint density at radius 2 is 1.00 bits per heavy atom. The molecule has 0 radical (unpaired) electrons. The maximum atomic E-state index is 11.9. The summed E-state index contributed by atoms with van der Waals surface area (Å²) in [5.74, 6) is 0.919. The van der Waals surface area contributed by atoms with Crippen LogP contribution < -0.4 is 0 Å². The van der Waals surface area contributed by atoms with Crippen molar-refractivity contribution in [2.45, 2.75) is 239 Å². The first kappa shape index (κ1) is 57.0. The normalized spacial score (nSPS) is 14.1. The van der Waals surface area contributed by atoms with Crippen molar-refractivity contribution in [3.63, 3.8) is 0 Å². The molecule has 9 heteroatoms. The zero-order valence-electron chi connectivity index (χ0n) is 39.8. The summed E-state index contributed by atoms with van der Waals surface area (Å²) >= 11 is 0. The van der Waals surface area contributed by atoms with E-state index in [1.165, 1.54) is 109 Å². The third-order valence-corrected chi connectivity index (χ3v) is 11.5. The maximum Gasteiger partial charge on any atom is 0.307 e. The predicted molar refractivity (Wildman–Crippen MR) is 246 cm³/mol. The van der Waals surface area contributed by atoms with Crippen molar-refractivity contribution in [1.82, 2.24) is 9.80 Å². The predicted octanol–water partition coefficient (Wildman–Crippen LogP) is 12.6. The number of Topliss-reactive ketones (excluding diaryl/α,β-unsaturated/α-hetero) is 1. The highest BCUT2D eigenvalue weighted by Gasteiger charge is 2.25. The van der Waals surface area contributed by atoms with Crippen LogP contribution in [0.5, 0.6) is 0 Å². The van der Waals surface area contributed by atoms with E-state index in [1.807, 2.05) is 19.0 Å². The summed E-state index contributed by atoms with van der Waals surface area (Å²) < 4.78 is 16.4. The molecule has 0 aromatic heterocycles. The van der Waals surface area contributed by atoms with E-state index in [1.54, 1.807) is 6.92 Å². The summed E-state index contributed by atoms with van der Waals surface area (Å²) in [6.45, 7) is 13.2. The summed E-state index contributed by atoms with van der Waals surface area (Å²) in [6, 6.07) is 0. The SMILES string of the molecule is CCCCCC(CCCCC)CCCOC(=O)CCCCCCCC(C)=O.CCCCCCCCCCCOC(=O)CCCCCN1CCC(OC(=O)CCN(C)C)C1. The molecule has 1 fully saturated rings. The number of carbonyl (C=O) groups is 4. The van der Waals surface area contributed by atoms with Gasteiger partial charge in [0, 0.05) is 38.9 Å². The van der Waals surface area contributed by atoms with E-state index < -0.39 is 0 Å². The molecule has 1 saturated heterocycles. The van der Waals surface area contributed by atoms with Crippen molar-refractivity contribution in [3.05, 3.63) is 0 Å². The molecule has 0 N–H and O–H groups in total. The topological polar surface area (TPSA) is 102 Å². The zero-order valence-corrected chi connectivity index (χ0v) is 39.8. The third kappa shape index (κ3) is 41.1. The van der Waals surface area contributed by atoms with Gasteiger partial charge < -0.3 is 23.9 Å². The number of hydrogen-bond donors (Lipinski definition) is 0. The van der Waals surface area contributed by atoms with Gasteiger partial charge in [-0.1, -0.05) is 149 Å². The van der Waals surface area contributed by atoms with Gasteiger partial charge in [-0.15, -0.1) is 0 Å². The Labute approximate surface area is 364 Å². The van der Waals surface area contributed by atoms with E-state index in [4.69, 9.17) is 14.2 Å². The molecule has 0 saturated carbocycles. The van der Waals surface area contributed by atoms with Gasteiger partial charge in [0.25, 0.3) is 0 Å². The molecule has 0 bridgehead atoms. The van der Waals surface area contributed by atoms with Gasteiger partial charge >= 0.3 is 17.9 Å². The molecule has 0 aromatic rings. The van der Waals surface area contributed by atoms with Gasteiger partial charge in [0.1, 0.15) is 11.9 Å².